The van der Waals surface area contributed by atoms with E-state index in [0.717, 1.165) is 11.4 Å². The Kier molecular flexibility index (Phi) is 5.51. The number of anilines is 1. The lowest BCUT2D eigenvalue weighted by Crippen LogP contribution is -2.30. The van der Waals surface area contributed by atoms with Crippen molar-refractivity contribution in [3.8, 4) is 5.75 Å². The van der Waals surface area contributed by atoms with Crippen LogP contribution in [0.1, 0.15) is 45.1 Å². The number of aryl methyl sites for hydroxylation is 1. The normalized spacial score (nSPS) is 18.5. The molecule has 1 aromatic rings. The van der Waals surface area contributed by atoms with Crippen LogP contribution in [-0.2, 0) is 4.74 Å². The second-order valence-corrected chi connectivity index (χ2v) is 6.92. The molecule has 1 aliphatic rings. The van der Waals surface area contributed by atoms with E-state index in [0.29, 0.717) is 24.7 Å². The predicted octanol–water partition coefficient (Wildman–Crippen LogP) is 4.40. The molecule has 0 aromatic heterocycles. The van der Waals surface area contributed by atoms with E-state index in [2.05, 4.69) is 44.3 Å². The zero-order valence-electron chi connectivity index (χ0n) is 13.9. The van der Waals surface area contributed by atoms with Crippen molar-refractivity contribution in [1.29, 1.82) is 0 Å². The molecule has 2 rings (SSSR count). The molecule has 21 heavy (non-hydrogen) atoms. The Morgan fingerprint density at radius 2 is 1.90 bits per heavy atom. The molecule has 0 bridgehead atoms. The van der Waals surface area contributed by atoms with Gasteiger partial charge in [-0.3, -0.25) is 0 Å². The first-order valence-electron chi connectivity index (χ1n) is 7.99. The van der Waals surface area contributed by atoms with Gasteiger partial charge in [0.05, 0.1) is 12.3 Å². The first-order valence-corrected chi connectivity index (χ1v) is 7.99. The predicted molar refractivity (Wildman–Crippen MR) is 88.2 cm³/mol. The van der Waals surface area contributed by atoms with E-state index in [1.165, 1.54) is 31.2 Å². The minimum atomic E-state index is 0.503. The third-order valence-electron chi connectivity index (χ3n) is 4.38. The quantitative estimate of drug-likeness (QED) is 0.788. The Hall–Kier alpha value is -1.22. The Bertz CT molecular complexity index is 447. The van der Waals surface area contributed by atoms with Crippen LogP contribution >= 0.6 is 0 Å². The third-order valence-corrected chi connectivity index (χ3v) is 4.38. The second-order valence-electron chi connectivity index (χ2n) is 6.92. The number of hydrogen-bond donors (Lipinski definition) is 1. The van der Waals surface area contributed by atoms with Crippen LogP contribution in [0.3, 0.4) is 0 Å². The van der Waals surface area contributed by atoms with E-state index in [4.69, 9.17) is 9.47 Å². The van der Waals surface area contributed by atoms with E-state index in [1.807, 2.05) is 0 Å². The van der Waals surface area contributed by atoms with E-state index in [-0.39, 0.29) is 0 Å². The van der Waals surface area contributed by atoms with E-state index in [1.54, 1.807) is 7.11 Å². The molecule has 1 N–H and O–H groups in total. The van der Waals surface area contributed by atoms with Crippen LogP contribution in [0, 0.1) is 12.3 Å². The lowest BCUT2D eigenvalue weighted by Gasteiger charge is -2.35. The Labute approximate surface area is 129 Å². The zero-order valence-corrected chi connectivity index (χ0v) is 13.9. The molecule has 118 valence electrons. The highest BCUT2D eigenvalue weighted by molar-refractivity contribution is 5.58. The zero-order chi connectivity index (χ0) is 15.3. The van der Waals surface area contributed by atoms with Gasteiger partial charge in [0.25, 0.3) is 0 Å². The van der Waals surface area contributed by atoms with Crippen LogP contribution in [0.4, 0.5) is 5.69 Å². The first-order chi connectivity index (χ1) is 10.00. The van der Waals surface area contributed by atoms with Gasteiger partial charge in [0.1, 0.15) is 12.4 Å². The summed E-state index contributed by atoms with van der Waals surface area (Å²) >= 11 is 0. The van der Waals surface area contributed by atoms with Crippen molar-refractivity contribution in [3.63, 3.8) is 0 Å². The van der Waals surface area contributed by atoms with Crippen molar-refractivity contribution in [2.45, 2.75) is 52.5 Å². The third kappa shape index (κ3) is 4.92. The highest BCUT2D eigenvalue weighted by atomic mass is 16.5. The second kappa shape index (κ2) is 7.17. The molecule has 3 heteroatoms. The summed E-state index contributed by atoms with van der Waals surface area (Å²) in [6.45, 7) is 8.04. The number of rotatable bonds is 6. The molecule has 0 spiro atoms. The molecule has 1 aromatic carbocycles. The van der Waals surface area contributed by atoms with Crippen LogP contribution in [0.15, 0.2) is 18.2 Å². The van der Waals surface area contributed by atoms with Gasteiger partial charge in [0.15, 0.2) is 0 Å². The number of ether oxygens (including phenoxy) is 2. The Morgan fingerprint density at radius 1 is 1.19 bits per heavy atom. The molecule has 0 atom stereocenters. The van der Waals surface area contributed by atoms with Crippen LogP contribution in [-0.4, -0.2) is 26.4 Å². The van der Waals surface area contributed by atoms with E-state index in [9.17, 15) is 0 Å². The number of methoxy groups -OCH3 is 1. The summed E-state index contributed by atoms with van der Waals surface area (Å²) < 4.78 is 10.9. The average Bonchev–Trinajstić information content (AvgIpc) is 2.44. The summed E-state index contributed by atoms with van der Waals surface area (Å²) in [6, 6.07) is 6.94. The lowest BCUT2D eigenvalue weighted by atomic mass is 9.75. The molecule has 1 fully saturated rings. The van der Waals surface area contributed by atoms with Gasteiger partial charge in [0.2, 0.25) is 0 Å². The lowest BCUT2D eigenvalue weighted by molar-refractivity contribution is 0.146. The summed E-state index contributed by atoms with van der Waals surface area (Å²) in [7, 11) is 1.70. The van der Waals surface area contributed by atoms with Crippen molar-refractivity contribution in [3.05, 3.63) is 23.8 Å². The Morgan fingerprint density at radius 3 is 2.57 bits per heavy atom. The molecule has 1 aliphatic carbocycles. The molecule has 0 heterocycles. The van der Waals surface area contributed by atoms with Crippen LogP contribution in [0.5, 0.6) is 5.75 Å². The molecular weight excluding hydrogens is 262 g/mol. The fourth-order valence-corrected chi connectivity index (χ4v) is 2.87. The maximum atomic E-state index is 5.85. The monoisotopic (exact) mass is 291 g/mol. The summed E-state index contributed by atoms with van der Waals surface area (Å²) in [5.41, 5.74) is 2.84. The number of hydrogen-bond acceptors (Lipinski definition) is 3. The summed E-state index contributed by atoms with van der Waals surface area (Å²) in [4.78, 5) is 0. The van der Waals surface area contributed by atoms with Crippen molar-refractivity contribution < 1.29 is 9.47 Å². The van der Waals surface area contributed by atoms with Gasteiger partial charge < -0.3 is 14.8 Å². The maximum absolute atomic E-state index is 5.85. The molecule has 0 amide bonds. The SMILES string of the molecule is COCCOc1cc(C)ccc1NC1CCC(C)(C)CC1. The average molecular weight is 291 g/mol. The molecule has 0 unspecified atom stereocenters. The highest BCUT2D eigenvalue weighted by Crippen LogP contribution is 2.37. The highest BCUT2D eigenvalue weighted by Gasteiger charge is 2.27. The van der Waals surface area contributed by atoms with Crippen molar-refractivity contribution in [1.82, 2.24) is 0 Å². The summed E-state index contributed by atoms with van der Waals surface area (Å²) in [5, 5.41) is 3.68. The topological polar surface area (TPSA) is 30.5 Å². The molecule has 0 aliphatic heterocycles. The maximum Gasteiger partial charge on any atom is 0.142 e. The standard InChI is InChI=1S/C18H29NO2/c1-14-5-6-16(17(13-14)21-12-11-20-4)19-15-7-9-18(2,3)10-8-15/h5-6,13,15,19H,7-12H2,1-4H3. The van der Waals surface area contributed by atoms with E-state index >= 15 is 0 Å². The van der Waals surface area contributed by atoms with Gasteiger partial charge >= 0.3 is 0 Å². The van der Waals surface area contributed by atoms with Crippen molar-refractivity contribution in [2.24, 2.45) is 5.41 Å². The van der Waals surface area contributed by atoms with Gasteiger partial charge in [-0.2, -0.15) is 0 Å². The molecule has 0 radical (unpaired) electrons. The van der Waals surface area contributed by atoms with Gasteiger partial charge in [-0.05, 0) is 55.7 Å². The minimum Gasteiger partial charge on any atom is -0.489 e. The van der Waals surface area contributed by atoms with Crippen LogP contribution < -0.4 is 10.1 Å². The van der Waals surface area contributed by atoms with Crippen molar-refractivity contribution in [2.75, 3.05) is 25.6 Å². The fraction of sp³-hybridized carbons (Fsp3) is 0.667. The minimum absolute atomic E-state index is 0.503. The number of benzene rings is 1. The molecule has 0 saturated heterocycles. The Balaban J connectivity index is 1.98. The molecular formula is C18H29NO2. The first kappa shape index (κ1) is 16.2. The van der Waals surface area contributed by atoms with Gasteiger partial charge in [-0.1, -0.05) is 19.9 Å². The van der Waals surface area contributed by atoms with Crippen molar-refractivity contribution >= 4 is 5.69 Å². The number of nitrogens with one attached hydrogen (secondary N) is 1. The van der Waals surface area contributed by atoms with Crippen LogP contribution in [0.2, 0.25) is 0 Å². The van der Waals surface area contributed by atoms with Crippen LogP contribution in [0.25, 0.3) is 0 Å². The largest absolute Gasteiger partial charge is 0.489 e. The van der Waals surface area contributed by atoms with Gasteiger partial charge in [-0.15, -0.1) is 0 Å². The molecule has 3 nitrogen and oxygen atoms in total. The van der Waals surface area contributed by atoms with Gasteiger partial charge in [0, 0.05) is 13.2 Å². The smallest absolute Gasteiger partial charge is 0.142 e. The van der Waals surface area contributed by atoms with Gasteiger partial charge in [-0.25, -0.2) is 0 Å². The summed E-state index contributed by atoms with van der Waals surface area (Å²) in [6.07, 6.45) is 5.05. The summed E-state index contributed by atoms with van der Waals surface area (Å²) in [5.74, 6) is 0.942. The molecule has 1 saturated carbocycles. The van der Waals surface area contributed by atoms with E-state index < -0.39 is 0 Å². The fourth-order valence-electron chi connectivity index (χ4n) is 2.87.